The third kappa shape index (κ3) is 2.06. The Morgan fingerprint density at radius 1 is 1.12 bits per heavy atom. The van der Waals surface area contributed by atoms with Crippen LogP contribution in [0.2, 0.25) is 0 Å². The van der Waals surface area contributed by atoms with Gasteiger partial charge in [0, 0.05) is 5.92 Å². The number of hydrogen-bond acceptors (Lipinski definition) is 1. The van der Waals surface area contributed by atoms with Gasteiger partial charge < -0.3 is 0 Å². The van der Waals surface area contributed by atoms with Crippen LogP contribution in [0.25, 0.3) is 0 Å². The minimum absolute atomic E-state index is 0.361. The molecule has 2 fully saturated rings. The minimum atomic E-state index is 0.361. The van der Waals surface area contributed by atoms with Crippen LogP contribution in [0.15, 0.2) is 0 Å². The number of ketones is 1. The summed E-state index contributed by atoms with van der Waals surface area (Å²) in [6.45, 7) is 8.99. The van der Waals surface area contributed by atoms with Crippen molar-refractivity contribution in [2.75, 3.05) is 0 Å². The fourth-order valence-corrected chi connectivity index (χ4v) is 4.13. The fourth-order valence-electron chi connectivity index (χ4n) is 4.13. The van der Waals surface area contributed by atoms with Crippen molar-refractivity contribution in [3.8, 4) is 0 Å². The van der Waals surface area contributed by atoms with Crippen LogP contribution in [-0.4, -0.2) is 5.78 Å². The molecule has 0 amide bonds. The molecule has 2 saturated carbocycles. The number of carbonyl (C=O) groups excluding carboxylic acids is 1. The lowest BCUT2D eigenvalue weighted by Gasteiger charge is -2.55. The second kappa shape index (κ2) is 4.16. The summed E-state index contributed by atoms with van der Waals surface area (Å²) in [5.41, 5.74) is 0.539. The Kier molecular flexibility index (Phi) is 3.16. The molecule has 2 aliphatic carbocycles. The van der Waals surface area contributed by atoms with E-state index in [2.05, 4.69) is 20.8 Å². The van der Waals surface area contributed by atoms with Crippen LogP contribution in [0.5, 0.6) is 0 Å². The molecular weight excluding hydrogens is 196 g/mol. The van der Waals surface area contributed by atoms with Gasteiger partial charge >= 0.3 is 0 Å². The average Bonchev–Trinajstić information content (AvgIpc) is 2.16. The SMILES string of the molecule is CC(=O)C1CCC(C)[C@@H]2CC(C)(C)[C@@H]2CC1. The van der Waals surface area contributed by atoms with E-state index in [1.807, 2.05) is 0 Å². The summed E-state index contributed by atoms with van der Waals surface area (Å²) in [6, 6.07) is 0. The molecule has 0 aromatic carbocycles. The number of carbonyl (C=O) groups is 1. The lowest BCUT2D eigenvalue weighted by molar-refractivity contribution is -0.123. The van der Waals surface area contributed by atoms with Crippen molar-refractivity contribution in [2.24, 2.45) is 29.1 Å². The van der Waals surface area contributed by atoms with Gasteiger partial charge in [0.1, 0.15) is 5.78 Å². The van der Waals surface area contributed by atoms with Gasteiger partial charge in [0.15, 0.2) is 0 Å². The molecule has 92 valence electrons. The summed E-state index contributed by atoms with van der Waals surface area (Å²) < 4.78 is 0. The van der Waals surface area contributed by atoms with Crippen LogP contribution < -0.4 is 0 Å². The molecule has 0 aliphatic heterocycles. The highest BCUT2D eigenvalue weighted by Gasteiger charge is 2.49. The molecule has 2 aliphatic rings. The Morgan fingerprint density at radius 2 is 1.75 bits per heavy atom. The fraction of sp³-hybridized carbons (Fsp3) is 0.933. The highest BCUT2D eigenvalue weighted by Crippen LogP contribution is 2.57. The van der Waals surface area contributed by atoms with Crippen LogP contribution in [0.1, 0.15) is 59.8 Å². The smallest absolute Gasteiger partial charge is 0.132 e. The zero-order chi connectivity index (χ0) is 11.9. The van der Waals surface area contributed by atoms with Crippen molar-refractivity contribution in [2.45, 2.75) is 59.8 Å². The Morgan fingerprint density at radius 3 is 2.31 bits per heavy atom. The Labute approximate surface area is 100.0 Å². The van der Waals surface area contributed by atoms with Crippen LogP contribution >= 0.6 is 0 Å². The third-order valence-corrected chi connectivity index (χ3v) is 5.38. The van der Waals surface area contributed by atoms with Crippen molar-refractivity contribution in [1.29, 1.82) is 0 Å². The first-order chi connectivity index (χ1) is 7.42. The summed E-state index contributed by atoms with van der Waals surface area (Å²) in [5, 5.41) is 0. The van der Waals surface area contributed by atoms with E-state index in [-0.39, 0.29) is 0 Å². The molecule has 0 aromatic rings. The van der Waals surface area contributed by atoms with E-state index in [0.717, 1.165) is 30.6 Å². The number of hydrogen-bond donors (Lipinski definition) is 0. The lowest BCUT2D eigenvalue weighted by Crippen LogP contribution is -2.47. The highest BCUT2D eigenvalue weighted by molar-refractivity contribution is 5.78. The van der Waals surface area contributed by atoms with Crippen molar-refractivity contribution in [3.63, 3.8) is 0 Å². The van der Waals surface area contributed by atoms with Crippen LogP contribution in [0.3, 0.4) is 0 Å². The second-order valence-corrected chi connectivity index (χ2v) is 6.90. The molecule has 0 saturated heterocycles. The third-order valence-electron chi connectivity index (χ3n) is 5.38. The molecule has 2 unspecified atom stereocenters. The van der Waals surface area contributed by atoms with Gasteiger partial charge in [0.05, 0.1) is 0 Å². The standard InChI is InChI=1S/C15H26O/c1-10-5-6-12(11(2)16)7-8-14-13(10)9-15(14,3)4/h10,12-14H,5-9H2,1-4H3/t10?,12?,13-,14+/m0/s1. The molecular formula is C15H26O. The maximum Gasteiger partial charge on any atom is 0.132 e. The minimum Gasteiger partial charge on any atom is -0.300 e. The van der Waals surface area contributed by atoms with Crippen LogP contribution in [0, 0.1) is 29.1 Å². The summed E-state index contributed by atoms with van der Waals surface area (Å²) in [5.74, 6) is 3.44. The van der Waals surface area contributed by atoms with Crippen molar-refractivity contribution >= 4 is 5.78 Å². The quantitative estimate of drug-likeness (QED) is 0.654. The lowest BCUT2D eigenvalue weighted by atomic mass is 9.49. The topological polar surface area (TPSA) is 17.1 Å². The Balaban J connectivity index is 2.04. The molecule has 0 heterocycles. The monoisotopic (exact) mass is 222 g/mol. The largest absolute Gasteiger partial charge is 0.300 e. The number of fused-ring (bicyclic) bond motifs is 1. The molecule has 1 nitrogen and oxygen atoms in total. The van der Waals surface area contributed by atoms with Gasteiger partial charge in [-0.05, 0) is 62.2 Å². The molecule has 4 atom stereocenters. The predicted molar refractivity (Wildman–Crippen MR) is 67.2 cm³/mol. The molecule has 2 rings (SSSR count). The summed E-state index contributed by atoms with van der Waals surface area (Å²) >= 11 is 0. The van der Waals surface area contributed by atoms with E-state index in [1.165, 1.54) is 19.3 Å². The Bertz CT molecular complexity index is 279. The normalized spacial score (nSPS) is 42.5. The van der Waals surface area contributed by atoms with E-state index in [1.54, 1.807) is 6.92 Å². The first-order valence-corrected chi connectivity index (χ1v) is 6.92. The molecule has 1 heteroatoms. The van der Waals surface area contributed by atoms with E-state index >= 15 is 0 Å². The van der Waals surface area contributed by atoms with Crippen molar-refractivity contribution in [1.82, 2.24) is 0 Å². The van der Waals surface area contributed by atoms with Gasteiger partial charge in [0.2, 0.25) is 0 Å². The molecule has 0 bridgehead atoms. The van der Waals surface area contributed by atoms with E-state index in [0.29, 0.717) is 17.1 Å². The van der Waals surface area contributed by atoms with E-state index < -0.39 is 0 Å². The summed E-state index contributed by atoms with van der Waals surface area (Å²) in [7, 11) is 0. The summed E-state index contributed by atoms with van der Waals surface area (Å²) in [6.07, 6.45) is 6.24. The van der Waals surface area contributed by atoms with Gasteiger partial charge in [-0.1, -0.05) is 20.8 Å². The zero-order valence-electron chi connectivity index (χ0n) is 11.3. The van der Waals surface area contributed by atoms with Crippen LogP contribution in [-0.2, 0) is 4.79 Å². The zero-order valence-corrected chi connectivity index (χ0v) is 11.3. The second-order valence-electron chi connectivity index (χ2n) is 6.90. The van der Waals surface area contributed by atoms with E-state index in [4.69, 9.17) is 0 Å². The average molecular weight is 222 g/mol. The molecule has 0 spiro atoms. The van der Waals surface area contributed by atoms with Gasteiger partial charge in [0.25, 0.3) is 0 Å². The van der Waals surface area contributed by atoms with Crippen molar-refractivity contribution < 1.29 is 4.79 Å². The molecule has 16 heavy (non-hydrogen) atoms. The van der Waals surface area contributed by atoms with Crippen molar-refractivity contribution in [3.05, 3.63) is 0 Å². The van der Waals surface area contributed by atoms with Gasteiger partial charge in [-0.25, -0.2) is 0 Å². The van der Waals surface area contributed by atoms with Gasteiger partial charge in [-0.3, -0.25) is 4.79 Å². The Hall–Kier alpha value is -0.330. The summed E-state index contributed by atoms with van der Waals surface area (Å²) in [4.78, 5) is 11.5. The maximum absolute atomic E-state index is 11.5. The molecule has 0 N–H and O–H groups in total. The van der Waals surface area contributed by atoms with Gasteiger partial charge in [-0.2, -0.15) is 0 Å². The van der Waals surface area contributed by atoms with Gasteiger partial charge in [-0.15, -0.1) is 0 Å². The number of Topliss-reactive ketones (excluding diaryl/α,β-unsaturated/α-hetero) is 1. The maximum atomic E-state index is 11.5. The van der Waals surface area contributed by atoms with E-state index in [9.17, 15) is 4.79 Å². The van der Waals surface area contributed by atoms with Crippen LogP contribution in [0.4, 0.5) is 0 Å². The molecule has 0 radical (unpaired) electrons. The predicted octanol–water partition coefficient (Wildman–Crippen LogP) is 4.06. The number of rotatable bonds is 1. The first-order valence-electron chi connectivity index (χ1n) is 6.92. The first kappa shape index (κ1) is 12.1. The highest BCUT2D eigenvalue weighted by atomic mass is 16.1. The molecule has 0 aromatic heterocycles.